The Bertz CT molecular complexity index is 536. The van der Waals surface area contributed by atoms with Crippen LogP contribution in [0.2, 0.25) is 0 Å². The summed E-state index contributed by atoms with van der Waals surface area (Å²) in [4.78, 5) is 14.7. The number of likely N-dealkylation sites (tertiary alicyclic amines) is 1. The Labute approximate surface area is 151 Å². The predicted molar refractivity (Wildman–Crippen MR) is 101 cm³/mol. The molecule has 1 saturated heterocycles. The van der Waals surface area contributed by atoms with Crippen LogP contribution in [-0.2, 0) is 4.74 Å². The third-order valence-corrected chi connectivity index (χ3v) is 4.59. The lowest BCUT2D eigenvalue weighted by atomic mass is 9.97. The number of nitrogens with zero attached hydrogens (tertiary/aromatic N) is 1. The fourth-order valence-electron chi connectivity index (χ4n) is 3.06. The summed E-state index contributed by atoms with van der Waals surface area (Å²) in [5.41, 5.74) is 0.717. The van der Waals surface area contributed by atoms with Crippen LogP contribution in [0.4, 0.5) is 0 Å². The minimum atomic E-state index is 0.101. The zero-order valence-corrected chi connectivity index (χ0v) is 15.4. The van der Waals surface area contributed by atoms with Crippen molar-refractivity contribution >= 4 is 5.91 Å². The first kappa shape index (κ1) is 19.5. The van der Waals surface area contributed by atoms with E-state index in [9.17, 15) is 4.79 Å². The van der Waals surface area contributed by atoms with Crippen LogP contribution in [0.15, 0.2) is 36.9 Å². The first-order valence-corrected chi connectivity index (χ1v) is 9.45. The topological polar surface area (TPSA) is 38.8 Å². The molecule has 0 N–H and O–H groups in total. The molecule has 1 aromatic carbocycles. The smallest absolute Gasteiger partial charge is 0.253 e. The maximum Gasteiger partial charge on any atom is 0.253 e. The lowest BCUT2D eigenvalue weighted by molar-refractivity contribution is 0.0575. The van der Waals surface area contributed by atoms with Gasteiger partial charge in [0.25, 0.3) is 5.91 Å². The van der Waals surface area contributed by atoms with Crippen molar-refractivity contribution in [3.8, 4) is 5.75 Å². The van der Waals surface area contributed by atoms with E-state index in [-0.39, 0.29) is 5.91 Å². The first-order chi connectivity index (χ1) is 12.2. The van der Waals surface area contributed by atoms with E-state index in [1.807, 2.05) is 29.2 Å². The Hall–Kier alpha value is -1.81. The number of rotatable bonds is 10. The Kier molecular flexibility index (Phi) is 8.53. The molecular formula is C21H31NO3. The standard InChI is InChI=1S/C21H31NO3/c1-3-5-6-15-25-20-9-7-8-19(16-20)21(23)22-12-10-18(11-13-22)17-24-14-4-2/h4,7-9,16,18H,2-3,5-6,10-15,17H2,1H3. The fourth-order valence-corrected chi connectivity index (χ4v) is 3.06. The molecule has 1 heterocycles. The van der Waals surface area contributed by atoms with Crippen molar-refractivity contribution in [2.75, 3.05) is 32.9 Å². The van der Waals surface area contributed by atoms with Crippen molar-refractivity contribution in [1.82, 2.24) is 4.90 Å². The van der Waals surface area contributed by atoms with E-state index < -0.39 is 0 Å². The molecule has 1 amide bonds. The fraction of sp³-hybridized carbons (Fsp3) is 0.571. The third-order valence-electron chi connectivity index (χ3n) is 4.59. The van der Waals surface area contributed by atoms with Crippen molar-refractivity contribution in [1.29, 1.82) is 0 Å². The van der Waals surface area contributed by atoms with Crippen LogP contribution in [0, 0.1) is 5.92 Å². The van der Waals surface area contributed by atoms with Gasteiger partial charge in [0.2, 0.25) is 0 Å². The molecule has 1 aliphatic heterocycles. The van der Waals surface area contributed by atoms with Gasteiger partial charge in [-0.1, -0.05) is 31.9 Å². The highest BCUT2D eigenvalue weighted by Gasteiger charge is 2.23. The molecule has 1 aliphatic rings. The van der Waals surface area contributed by atoms with Crippen LogP contribution in [0.3, 0.4) is 0 Å². The van der Waals surface area contributed by atoms with Crippen molar-refractivity contribution in [3.05, 3.63) is 42.5 Å². The molecule has 25 heavy (non-hydrogen) atoms. The van der Waals surface area contributed by atoms with Crippen LogP contribution < -0.4 is 4.74 Å². The van der Waals surface area contributed by atoms with Gasteiger partial charge in [0.15, 0.2) is 0 Å². The average molecular weight is 345 g/mol. The van der Waals surface area contributed by atoms with Crippen LogP contribution in [0.1, 0.15) is 49.4 Å². The Morgan fingerprint density at radius 1 is 1.32 bits per heavy atom. The molecule has 2 rings (SSSR count). The third kappa shape index (κ3) is 6.54. The summed E-state index contributed by atoms with van der Waals surface area (Å²) in [6, 6.07) is 7.57. The number of carbonyl (C=O) groups is 1. The van der Waals surface area contributed by atoms with Crippen LogP contribution in [0.5, 0.6) is 5.75 Å². The molecule has 0 unspecified atom stereocenters. The van der Waals surface area contributed by atoms with Gasteiger partial charge in [-0.15, -0.1) is 6.58 Å². The average Bonchev–Trinajstić information content (AvgIpc) is 2.66. The summed E-state index contributed by atoms with van der Waals surface area (Å²) in [5, 5.41) is 0. The number of benzene rings is 1. The molecule has 0 spiro atoms. The van der Waals surface area contributed by atoms with E-state index in [1.54, 1.807) is 6.08 Å². The number of ether oxygens (including phenoxy) is 2. The minimum Gasteiger partial charge on any atom is -0.494 e. The first-order valence-electron chi connectivity index (χ1n) is 9.45. The molecule has 0 aromatic heterocycles. The lowest BCUT2D eigenvalue weighted by Crippen LogP contribution is -2.39. The monoisotopic (exact) mass is 345 g/mol. The van der Waals surface area contributed by atoms with Gasteiger partial charge in [0, 0.05) is 25.3 Å². The molecule has 4 heteroatoms. The minimum absolute atomic E-state index is 0.101. The van der Waals surface area contributed by atoms with Gasteiger partial charge < -0.3 is 14.4 Å². The summed E-state index contributed by atoms with van der Waals surface area (Å²) in [6.45, 7) is 9.49. The highest BCUT2D eigenvalue weighted by atomic mass is 16.5. The summed E-state index contributed by atoms with van der Waals surface area (Å²) < 4.78 is 11.3. The van der Waals surface area contributed by atoms with E-state index in [0.717, 1.165) is 44.7 Å². The summed E-state index contributed by atoms with van der Waals surface area (Å²) >= 11 is 0. The zero-order chi connectivity index (χ0) is 17.9. The van der Waals surface area contributed by atoms with Crippen LogP contribution >= 0.6 is 0 Å². The normalized spacial score (nSPS) is 15.2. The molecule has 0 saturated carbocycles. The number of hydrogen-bond acceptors (Lipinski definition) is 3. The van der Waals surface area contributed by atoms with Gasteiger partial charge in [-0.05, 0) is 43.4 Å². The van der Waals surface area contributed by atoms with Crippen molar-refractivity contribution in [2.24, 2.45) is 5.92 Å². The van der Waals surface area contributed by atoms with Crippen LogP contribution in [0.25, 0.3) is 0 Å². The SMILES string of the molecule is C=CCOCC1CCN(C(=O)c2cccc(OCCCCC)c2)CC1. The van der Waals surface area contributed by atoms with E-state index in [2.05, 4.69) is 13.5 Å². The molecule has 1 aromatic rings. The summed E-state index contributed by atoms with van der Waals surface area (Å²) in [7, 11) is 0. The van der Waals surface area contributed by atoms with E-state index in [0.29, 0.717) is 24.7 Å². The van der Waals surface area contributed by atoms with Gasteiger partial charge in [-0.3, -0.25) is 4.79 Å². The maximum absolute atomic E-state index is 12.7. The van der Waals surface area contributed by atoms with Gasteiger partial charge in [0.1, 0.15) is 5.75 Å². The van der Waals surface area contributed by atoms with Gasteiger partial charge in [0.05, 0.1) is 13.2 Å². The molecule has 138 valence electrons. The van der Waals surface area contributed by atoms with E-state index >= 15 is 0 Å². The van der Waals surface area contributed by atoms with Crippen molar-refractivity contribution in [2.45, 2.75) is 39.0 Å². The van der Waals surface area contributed by atoms with Crippen molar-refractivity contribution < 1.29 is 14.3 Å². The molecule has 0 aliphatic carbocycles. The number of piperidine rings is 1. The Morgan fingerprint density at radius 2 is 2.12 bits per heavy atom. The van der Waals surface area contributed by atoms with E-state index in [4.69, 9.17) is 9.47 Å². The molecular weight excluding hydrogens is 314 g/mol. The largest absolute Gasteiger partial charge is 0.494 e. The molecule has 0 atom stereocenters. The summed E-state index contributed by atoms with van der Waals surface area (Å²) in [6.07, 6.45) is 7.17. The maximum atomic E-state index is 12.7. The molecule has 1 fully saturated rings. The number of hydrogen-bond donors (Lipinski definition) is 0. The van der Waals surface area contributed by atoms with Gasteiger partial charge in [-0.25, -0.2) is 0 Å². The van der Waals surface area contributed by atoms with Gasteiger partial charge >= 0.3 is 0 Å². The second-order valence-electron chi connectivity index (χ2n) is 6.65. The second kappa shape index (κ2) is 10.9. The number of amides is 1. The molecule has 0 bridgehead atoms. The highest BCUT2D eigenvalue weighted by molar-refractivity contribution is 5.94. The molecule has 0 radical (unpaired) electrons. The van der Waals surface area contributed by atoms with Crippen LogP contribution in [-0.4, -0.2) is 43.7 Å². The number of carbonyl (C=O) groups excluding carboxylic acids is 1. The van der Waals surface area contributed by atoms with Crippen molar-refractivity contribution in [3.63, 3.8) is 0 Å². The Morgan fingerprint density at radius 3 is 2.84 bits per heavy atom. The number of unbranched alkanes of at least 4 members (excludes halogenated alkanes) is 2. The second-order valence-corrected chi connectivity index (χ2v) is 6.65. The van der Waals surface area contributed by atoms with E-state index in [1.165, 1.54) is 12.8 Å². The predicted octanol–water partition coefficient (Wildman–Crippen LogP) is 4.31. The molecule has 4 nitrogen and oxygen atoms in total. The highest BCUT2D eigenvalue weighted by Crippen LogP contribution is 2.21. The zero-order valence-electron chi connectivity index (χ0n) is 15.4. The lowest BCUT2D eigenvalue weighted by Gasteiger charge is -2.32. The van der Waals surface area contributed by atoms with Gasteiger partial charge in [-0.2, -0.15) is 0 Å². The summed E-state index contributed by atoms with van der Waals surface area (Å²) in [5.74, 6) is 1.43. The Balaban J connectivity index is 1.81. The quantitative estimate of drug-likeness (QED) is 0.468.